The molecule has 0 aliphatic rings. The zero-order valence-electron chi connectivity index (χ0n) is 9.29. The fraction of sp³-hybridized carbons (Fsp3) is 0.300. The Morgan fingerprint density at radius 1 is 1.44 bits per heavy atom. The van der Waals surface area contributed by atoms with Crippen LogP contribution in [-0.2, 0) is 6.18 Å². The van der Waals surface area contributed by atoms with Crippen LogP contribution in [-0.4, -0.2) is 17.1 Å². The second kappa shape index (κ2) is 5.34. The van der Waals surface area contributed by atoms with E-state index in [-0.39, 0.29) is 16.5 Å². The van der Waals surface area contributed by atoms with Crippen LogP contribution in [0.5, 0.6) is 0 Å². The molecule has 4 N–H and O–H groups in total. The van der Waals surface area contributed by atoms with Crippen molar-refractivity contribution in [3.8, 4) is 0 Å². The van der Waals surface area contributed by atoms with Crippen LogP contribution in [0.25, 0.3) is 0 Å². The standard InChI is InChI=1S/C10H11ClF3N3O/c1-5(9(15)17-18)16-8-3-6(10(12,13)14)2-7(11)4-8/h2-5,16,18H,1H3,(H2,15,17). The highest BCUT2D eigenvalue weighted by Gasteiger charge is 2.31. The highest BCUT2D eigenvalue weighted by molar-refractivity contribution is 6.31. The number of hydrogen-bond acceptors (Lipinski definition) is 3. The lowest BCUT2D eigenvalue weighted by atomic mass is 10.1. The molecule has 1 aromatic carbocycles. The van der Waals surface area contributed by atoms with Gasteiger partial charge in [0.1, 0.15) is 0 Å². The van der Waals surface area contributed by atoms with Crippen molar-refractivity contribution < 1.29 is 18.4 Å². The Balaban J connectivity index is 3.01. The second-order valence-electron chi connectivity index (χ2n) is 3.62. The molecule has 0 aliphatic carbocycles. The first-order valence-corrected chi connectivity index (χ1v) is 5.23. The van der Waals surface area contributed by atoms with Crippen molar-refractivity contribution in [3.63, 3.8) is 0 Å². The largest absolute Gasteiger partial charge is 0.416 e. The molecule has 1 atom stereocenters. The molecule has 0 fully saturated rings. The van der Waals surface area contributed by atoms with Gasteiger partial charge in [-0.2, -0.15) is 13.2 Å². The summed E-state index contributed by atoms with van der Waals surface area (Å²) < 4.78 is 37.6. The van der Waals surface area contributed by atoms with Gasteiger partial charge >= 0.3 is 6.18 Å². The van der Waals surface area contributed by atoms with Crippen LogP contribution in [0.15, 0.2) is 23.4 Å². The minimum absolute atomic E-state index is 0.0565. The van der Waals surface area contributed by atoms with E-state index >= 15 is 0 Å². The predicted molar refractivity (Wildman–Crippen MR) is 62.9 cm³/mol. The Labute approximate surface area is 106 Å². The quantitative estimate of drug-likeness (QED) is 0.345. The van der Waals surface area contributed by atoms with Crippen molar-refractivity contribution in [1.82, 2.24) is 0 Å². The molecule has 18 heavy (non-hydrogen) atoms. The number of oxime groups is 1. The first kappa shape index (κ1) is 14.4. The number of alkyl halides is 3. The van der Waals surface area contributed by atoms with Crippen LogP contribution < -0.4 is 11.1 Å². The monoisotopic (exact) mass is 281 g/mol. The lowest BCUT2D eigenvalue weighted by molar-refractivity contribution is -0.137. The van der Waals surface area contributed by atoms with E-state index < -0.39 is 17.8 Å². The van der Waals surface area contributed by atoms with Crippen LogP contribution in [0.3, 0.4) is 0 Å². The number of rotatable bonds is 3. The van der Waals surface area contributed by atoms with E-state index in [0.29, 0.717) is 0 Å². The average Bonchev–Trinajstić information content (AvgIpc) is 2.25. The molecule has 0 aromatic heterocycles. The minimum Gasteiger partial charge on any atom is -0.409 e. The van der Waals surface area contributed by atoms with E-state index in [1.165, 1.54) is 13.0 Å². The van der Waals surface area contributed by atoms with E-state index in [0.717, 1.165) is 12.1 Å². The zero-order valence-corrected chi connectivity index (χ0v) is 10.0. The number of anilines is 1. The molecule has 0 bridgehead atoms. The molecule has 4 nitrogen and oxygen atoms in total. The van der Waals surface area contributed by atoms with Gasteiger partial charge in [-0.05, 0) is 25.1 Å². The van der Waals surface area contributed by atoms with Crippen molar-refractivity contribution in [2.45, 2.75) is 19.1 Å². The Hall–Kier alpha value is -1.63. The van der Waals surface area contributed by atoms with Crippen molar-refractivity contribution in [2.75, 3.05) is 5.32 Å². The molecule has 100 valence electrons. The Kier molecular flexibility index (Phi) is 4.28. The molecule has 0 saturated carbocycles. The molecular weight excluding hydrogens is 271 g/mol. The van der Waals surface area contributed by atoms with Gasteiger partial charge in [0.25, 0.3) is 0 Å². The third-order valence-corrected chi connectivity index (χ3v) is 2.39. The Morgan fingerprint density at radius 2 is 2.06 bits per heavy atom. The zero-order chi connectivity index (χ0) is 13.9. The van der Waals surface area contributed by atoms with E-state index in [1.54, 1.807) is 0 Å². The second-order valence-corrected chi connectivity index (χ2v) is 4.05. The first-order valence-electron chi connectivity index (χ1n) is 4.85. The smallest absolute Gasteiger partial charge is 0.409 e. The molecule has 1 rings (SSSR count). The molecule has 0 aliphatic heterocycles. The third-order valence-electron chi connectivity index (χ3n) is 2.17. The number of amidine groups is 1. The Bertz CT molecular complexity index is 462. The van der Waals surface area contributed by atoms with Crippen LogP contribution in [0.1, 0.15) is 12.5 Å². The number of halogens is 4. The summed E-state index contributed by atoms with van der Waals surface area (Å²) >= 11 is 5.60. The summed E-state index contributed by atoms with van der Waals surface area (Å²) in [6, 6.07) is 2.40. The van der Waals surface area contributed by atoms with Crippen LogP contribution in [0.2, 0.25) is 5.02 Å². The average molecular weight is 282 g/mol. The summed E-state index contributed by atoms with van der Waals surface area (Å²) in [5.41, 5.74) is 4.57. The highest BCUT2D eigenvalue weighted by atomic mass is 35.5. The van der Waals surface area contributed by atoms with Crippen molar-refractivity contribution in [3.05, 3.63) is 28.8 Å². The van der Waals surface area contributed by atoms with Crippen LogP contribution in [0, 0.1) is 0 Å². The van der Waals surface area contributed by atoms with E-state index in [4.69, 9.17) is 22.5 Å². The van der Waals surface area contributed by atoms with Crippen molar-refractivity contribution >= 4 is 23.1 Å². The van der Waals surface area contributed by atoms with E-state index in [1.807, 2.05) is 0 Å². The van der Waals surface area contributed by atoms with Gasteiger partial charge in [0.2, 0.25) is 0 Å². The molecule has 0 spiro atoms. The maximum absolute atomic E-state index is 12.5. The normalized spacial score (nSPS) is 14.4. The summed E-state index contributed by atoms with van der Waals surface area (Å²) in [5, 5.41) is 13.8. The maximum Gasteiger partial charge on any atom is 0.416 e. The van der Waals surface area contributed by atoms with E-state index in [9.17, 15) is 13.2 Å². The molecule has 8 heteroatoms. The minimum atomic E-state index is -4.48. The van der Waals surface area contributed by atoms with Gasteiger partial charge in [-0.15, -0.1) is 0 Å². The molecular formula is C10H11ClF3N3O. The van der Waals surface area contributed by atoms with Gasteiger partial charge in [-0.25, -0.2) is 0 Å². The molecule has 0 amide bonds. The summed E-state index contributed by atoms with van der Waals surface area (Å²) in [7, 11) is 0. The van der Waals surface area contributed by atoms with Crippen LogP contribution >= 0.6 is 11.6 Å². The molecule has 1 unspecified atom stereocenters. The summed E-state index contributed by atoms with van der Waals surface area (Å²) in [5.74, 6) is -0.150. The number of nitrogens with two attached hydrogens (primary N) is 1. The molecule has 0 heterocycles. The van der Waals surface area contributed by atoms with Crippen molar-refractivity contribution in [2.24, 2.45) is 10.9 Å². The van der Waals surface area contributed by atoms with Gasteiger partial charge in [0.05, 0.1) is 11.6 Å². The maximum atomic E-state index is 12.5. The van der Waals surface area contributed by atoms with Gasteiger partial charge in [0, 0.05) is 10.7 Å². The number of benzene rings is 1. The SMILES string of the molecule is CC(Nc1cc(Cl)cc(C(F)(F)F)c1)/C(N)=N/O. The topological polar surface area (TPSA) is 70.6 Å². The Morgan fingerprint density at radius 3 is 2.56 bits per heavy atom. The lowest BCUT2D eigenvalue weighted by Crippen LogP contribution is -2.32. The van der Waals surface area contributed by atoms with Crippen molar-refractivity contribution in [1.29, 1.82) is 0 Å². The summed E-state index contributed by atoms with van der Waals surface area (Å²) in [6.07, 6.45) is -4.48. The lowest BCUT2D eigenvalue weighted by Gasteiger charge is -2.15. The number of nitrogens with zero attached hydrogens (tertiary/aromatic N) is 1. The van der Waals surface area contributed by atoms with Gasteiger partial charge in [-0.3, -0.25) is 0 Å². The highest BCUT2D eigenvalue weighted by Crippen LogP contribution is 2.33. The fourth-order valence-electron chi connectivity index (χ4n) is 1.25. The molecule has 0 radical (unpaired) electrons. The predicted octanol–water partition coefficient (Wildman–Crippen LogP) is 2.91. The number of hydrogen-bond donors (Lipinski definition) is 3. The molecule has 1 aromatic rings. The fourth-order valence-corrected chi connectivity index (χ4v) is 1.48. The van der Waals surface area contributed by atoms with Gasteiger partial charge < -0.3 is 16.3 Å². The van der Waals surface area contributed by atoms with E-state index in [2.05, 4.69) is 10.5 Å². The van der Waals surface area contributed by atoms with Gasteiger partial charge in [0.15, 0.2) is 5.84 Å². The summed E-state index contributed by atoms with van der Waals surface area (Å²) in [6.45, 7) is 1.53. The first-order chi connectivity index (χ1) is 8.24. The van der Waals surface area contributed by atoms with Gasteiger partial charge in [-0.1, -0.05) is 16.8 Å². The third kappa shape index (κ3) is 3.69. The summed E-state index contributed by atoms with van der Waals surface area (Å²) in [4.78, 5) is 0. The number of nitrogens with one attached hydrogen (secondary N) is 1. The van der Waals surface area contributed by atoms with Crippen LogP contribution in [0.4, 0.5) is 18.9 Å². The molecule has 0 saturated heterocycles.